The summed E-state index contributed by atoms with van der Waals surface area (Å²) in [5, 5.41) is 0.552. The molecule has 0 aliphatic rings. The molecule has 0 spiro atoms. The van der Waals surface area contributed by atoms with E-state index in [0.29, 0.717) is 16.3 Å². The highest BCUT2D eigenvalue weighted by molar-refractivity contribution is 6.37. The number of anilines is 1. The summed E-state index contributed by atoms with van der Waals surface area (Å²) < 4.78 is 4.90. The molecular weight excluding hydrogens is 313 g/mol. The van der Waals surface area contributed by atoms with Crippen LogP contribution < -0.4 is 10.5 Å². The van der Waals surface area contributed by atoms with Gasteiger partial charge in [0.1, 0.15) is 5.75 Å². The Morgan fingerprint density at radius 1 is 1.10 bits per heavy atom. The van der Waals surface area contributed by atoms with Crippen molar-refractivity contribution in [2.24, 2.45) is 0 Å². The smallest absolute Gasteiger partial charge is 0.308 e. The first-order chi connectivity index (χ1) is 9.88. The van der Waals surface area contributed by atoms with Crippen molar-refractivity contribution in [1.29, 1.82) is 0 Å². The maximum absolute atomic E-state index is 12.4. The summed E-state index contributed by atoms with van der Waals surface area (Å²) in [4.78, 5) is 23.2. The Morgan fingerprint density at radius 2 is 1.71 bits per heavy atom. The van der Waals surface area contributed by atoms with Gasteiger partial charge in [-0.2, -0.15) is 0 Å². The predicted octanol–water partition coefficient (Wildman–Crippen LogP) is 3.73. The molecule has 0 atom stereocenters. The van der Waals surface area contributed by atoms with Crippen LogP contribution in [0, 0.1) is 0 Å². The Bertz CT molecular complexity index is 712. The number of hydrogen-bond donors (Lipinski definition) is 1. The molecular formula is C15H11Cl2NO3. The first-order valence-electron chi connectivity index (χ1n) is 5.96. The lowest BCUT2D eigenvalue weighted by molar-refractivity contribution is -0.131. The molecule has 2 rings (SSSR count). The van der Waals surface area contributed by atoms with Crippen LogP contribution in [0.25, 0.3) is 0 Å². The zero-order chi connectivity index (χ0) is 15.6. The van der Waals surface area contributed by atoms with Crippen LogP contribution in [0.15, 0.2) is 36.4 Å². The second-order valence-electron chi connectivity index (χ2n) is 4.30. The molecule has 0 radical (unpaired) electrons. The average Bonchev–Trinajstić information content (AvgIpc) is 2.42. The summed E-state index contributed by atoms with van der Waals surface area (Å²) in [5.74, 6) is -0.387. The average molecular weight is 324 g/mol. The van der Waals surface area contributed by atoms with E-state index in [1.807, 2.05) is 0 Å². The largest absolute Gasteiger partial charge is 0.427 e. The molecule has 4 nitrogen and oxygen atoms in total. The molecule has 0 unspecified atom stereocenters. The normalized spacial score (nSPS) is 10.2. The van der Waals surface area contributed by atoms with Gasteiger partial charge < -0.3 is 10.5 Å². The number of nitrogen functional groups attached to an aromatic ring is 1. The van der Waals surface area contributed by atoms with Gasteiger partial charge in [-0.1, -0.05) is 23.2 Å². The molecule has 0 heterocycles. The van der Waals surface area contributed by atoms with Crippen molar-refractivity contribution < 1.29 is 14.3 Å². The van der Waals surface area contributed by atoms with Crippen LogP contribution in [0.4, 0.5) is 5.69 Å². The van der Waals surface area contributed by atoms with Gasteiger partial charge in [0.05, 0.1) is 10.7 Å². The summed E-state index contributed by atoms with van der Waals surface area (Å²) >= 11 is 11.8. The highest BCUT2D eigenvalue weighted by atomic mass is 35.5. The minimum atomic E-state index is -0.431. The van der Waals surface area contributed by atoms with E-state index in [1.165, 1.54) is 43.3 Å². The minimum Gasteiger partial charge on any atom is -0.427 e. The maximum atomic E-state index is 12.4. The van der Waals surface area contributed by atoms with Crippen LogP contribution >= 0.6 is 23.2 Å². The van der Waals surface area contributed by atoms with Gasteiger partial charge in [-0.05, 0) is 36.4 Å². The fourth-order valence-electron chi connectivity index (χ4n) is 1.77. The van der Waals surface area contributed by atoms with Crippen LogP contribution in [0.2, 0.25) is 10.0 Å². The third-order valence-electron chi connectivity index (χ3n) is 2.72. The lowest BCUT2D eigenvalue weighted by Crippen LogP contribution is -2.06. The van der Waals surface area contributed by atoms with Crippen LogP contribution in [0.5, 0.6) is 5.75 Å². The first-order valence-corrected chi connectivity index (χ1v) is 6.72. The third-order valence-corrected chi connectivity index (χ3v) is 3.25. The standard InChI is InChI=1S/C15H11Cl2NO3/c1-8(19)21-11-4-2-9(3-5-11)15(20)12-6-10(16)7-13(17)14(12)18/h2-7H,18H2,1H3. The van der Waals surface area contributed by atoms with E-state index in [4.69, 9.17) is 33.7 Å². The van der Waals surface area contributed by atoms with E-state index in [1.54, 1.807) is 0 Å². The van der Waals surface area contributed by atoms with Crippen LogP contribution in [-0.2, 0) is 4.79 Å². The number of halogens is 2. The molecule has 0 aromatic heterocycles. The molecule has 0 amide bonds. The Hall–Kier alpha value is -2.04. The molecule has 0 bridgehead atoms. The first kappa shape index (κ1) is 15.4. The van der Waals surface area contributed by atoms with Crippen molar-refractivity contribution in [2.75, 3.05) is 5.73 Å². The van der Waals surface area contributed by atoms with Crippen LogP contribution in [-0.4, -0.2) is 11.8 Å². The van der Waals surface area contributed by atoms with Crippen molar-refractivity contribution in [1.82, 2.24) is 0 Å². The Balaban J connectivity index is 2.34. The SMILES string of the molecule is CC(=O)Oc1ccc(C(=O)c2cc(Cl)cc(Cl)c2N)cc1. The molecule has 0 saturated heterocycles. The predicted molar refractivity (Wildman–Crippen MR) is 82.1 cm³/mol. The van der Waals surface area contributed by atoms with E-state index in [-0.39, 0.29) is 22.1 Å². The summed E-state index contributed by atoms with van der Waals surface area (Å²) in [5.41, 5.74) is 6.60. The van der Waals surface area contributed by atoms with Crippen molar-refractivity contribution in [3.63, 3.8) is 0 Å². The van der Waals surface area contributed by atoms with E-state index < -0.39 is 5.97 Å². The topological polar surface area (TPSA) is 69.4 Å². The van der Waals surface area contributed by atoms with Crippen molar-refractivity contribution >= 4 is 40.6 Å². The van der Waals surface area contributed by atoms with E-state index in [2.05, 4.69) is 0 Å². The van der Waals surface area contributed by atoms with Crippen molar-refractivity contribution in [3.05, 3.63) is 57.6 Å². The minimum absolute atomic E-state index is 0.176. The molecule has 2 aromatic rings. The van der Waals surface area contributed by atoms with Crippen LogP contribution in [0.1, 0.15) is 22.8 Å². The number of hydrogen-bond acceptors (Lipinski definition) is 4. The number of carbonyl (C=O) groups excluding carboxylic acids is 2. The number of carbonyl (C=O) groups is 2. The number of benzene rings is 2. The third kappa shape index (κ3) is 3.54. The summed E-state index contributed by atoms with van der Waals surface area (Å²) in [6, 6.07) is 9.06. The van der Waals surface area contributed by atoms with Crippen molar-refractivity contribution in [3.8, 4) is 5.75 Å². The van der Waals surface area contributed by atoms with Crippen molar-refractivity contribution in [2.45, 2.75) is 6.92 Å². The number of esters is 1. The highest BCUT2D eigenvalue weighted by Gasteiger charge is 2.15. The van der Waals surface area contributed by atoms with Gasteiger partial charge in [0.2, 0.25) is 0 Å². The van der Waals surface area contributed by atoms with E-state index in [0.717, 1.165) is 0 Å². The van der Waals surface area contributed by atoms with Gasteiger partial charge in [0, 0.05) is 23.1 Å². The number of ether oxygens (including phenoxy) is 1. The van der Waals surface area contributed by atoms with Gasteiger partial charge in [-0.15, -0.1) is 0 Å². The number of ketones is 1. The maximum Gasteiger partial charge on any atom is 0.308 e. The van der Waals surface area contributed by atoms with E-state index in [9.17, 15) is 9.59 Å². The lowest BCUT2D eigenvalue weighted by atomic mass is 10.0. The van der Waals surface area contributed by atoms with Crippen LogP contribution in [0.3, 0.4) is 0 Å². The molecule has 0 fully saturated rings. The zero-order valence-electron chi connectivity index (χ0n) is 11.0. The molecule has 2 aromatic carbocycles. The molecule has 108 valence electrons. The Morgan fingerprint density at radius 3 is 2.29 bits per heavy atom. The molecule has 0 aliphatic heterocycles. The fourth-order valence-corrected chi connectivity index (χ4v) is 2.26. The molecule has 6 heteroatoms. The summed E-state index contributed by atoms with van der Waals surface area (Å²) in [6.45, 7) is 1.30. The summed E-state index contributed by atoms with van der Waals surface area (Å²) in [6.07, 6.45) is 0. The second kappa shape index (κ2) is 6.16. The molecule has 21 heavy (non-hydrogen) atoms. The van der Waals surface area contributed by atoms with Gasteiger partial charge in [0.15, 0.2) is 5.78 Å². The van der Waals surface area contributed by atoms with Gasteiger partial charge in [0.25, 0.3) is 0 Å². The number of nitrogens with two attached hydrogens (primary N) is 1. The van der Waals surface area contributed by atoms with Gasteiger partial charge in [-0.25, -0.2) is 0 Å². The second-order valence-corrected chi connectivity index (χ2v) is 5.14. The summed E-state index contributed by atoms with van der Waals surface area (Å²) in [7, 11) is 0. The zero-order valence-corrected chi connectivity index (χ0v) is 12.5. The molecule has 0 aliphatic carbocycles. The number of rotatable bonds is 3. The Labute approximate surface area is 131 Å². The molecule has 0 saturated carbocycles. The van der Waals surface area contributed by atoms with Gasteiger partial charge >= 0.3 is 5.97 Å². The van der Waals surface area contributed by atoms with Gasteiger partial charge in [-0.3, -0.25) is 9.59 Å². The van der Waals surface area contributed by atoms with E-state index >= 15 is 0 Å². The quantitative estimate of drug-likeness (QED) is 0.404. The fraction of sp³-hybridized carbons (Fsp3) is 0.0667. The molecule has 2 N–H and O–H groups in total. The Kier molecular flexibility index (Phi) is 4.50. The lowest BCUT2D eigenvalue weighted by Gasteiger charge is -2.08. The highest BCUT2D eigenvalue weighted by Crippen LogP contribution is 2.29. The monoisotopic (exact) mass is 323 g/mol.